The third kappa shape index (κ3) is 5.66. The molecule has 1 heterocycles. The van der Waals surface area contributed by atoms with Crippen LogP contribution in [0.4, 0.5) is 11.4 Å². The van der Waals surface area contributed by atoms with Crippen molar-refractivity contribution < 1.29 is 28.8 Å². The Morgan fingerprint density at radius 2 is 2.07 bits per heavy atom. The Balaban J connectivity index is 1.96. The van der Waals surface area contributed by atoms with E-state index < -0.39 is 22.9 Å². The number of esters is 1. The highest BCUT2D eigenvalue weighted by Crippen LogP contribution is 2.29. The number of amides is 2. The molecule has 28 heavy (non-hydrogen) atoms. The normalized spacial score (nSPS) is 15.4. The number of hydrogen-bond acceptors (Lipinski definition) is 7. The fourth-order valence-corrected chi connectivity index (χ4v) is 2.78. The summed E-state index contributed by atoms with van der Waals surface area (Å²) in [5.74, 6) is -1.27. The van der Waals surface area contributed by atoms with Gasteiger partial charge in [0.1, 0.15) is 18.0 Å². The quantitative estimate of drug-likeness (QED) is 0.425. The van der Waals surface area contributed by atoms with Crippen molar-refractivity contribution in [2.24, 2.45) is 0 Å². The van der Waals surface area contributed by atoms with E-state index in [4.69, 9.17) is 9.47 Å². The number of nitrogens with one attached hydrogen (secondary N) is 1. The second kappa shape index (κ2) is 9.67. The molecule has 1 atom stereocenters. The molecule has 1 saturated heterocycles. The molecule has 0 spiro atoms. The van der Waals surface area contributed by atoms with Gasteiger partial charge in [-0.05, 0) is 31.9 Å². The van der Waals surface area contributed by atoms with Crippen molar-refractivity contribution in [3.05, 3.63) is 28.3 Å². The van der Waals surface area contributed by atoms with E-state index in [0.29, 0.717) is 13.0 Å². The fraction of sp³-hybridized carbons (Fsp3) is 0.500. The number of methoxy groups -OCH3 is 1. The zero-order valence-corrected chi connectivity index (χ0v) is 15.8. The molecule has 0 unspecified atom stereocenters. The van der Waals surface area contributed by atoms with Crippen LogP contribution in [-0.2, 0) is 19.1 Å². The second-order valence-electron chi connectivity index (χ2n) is 6.39. The minimum absolute atomic E-state index is 0.0404. The van der Waals surface area contributed by atoms with Crippen LogP contribution in [0.5, 0.6) is 5.75 Å². The number of carbonyl (C=O) groups is 3. The third-order valence-electron chi connectivity index (χ3n) is 4.33. The molecule has 2 amide bonds. The summed E-state index contributed by atoms with van der Waals surface area (Å²) in [6.45, 7) is 1.61. The molecule has 0 saturated carbocycles. The lowest BCUT2D eigenvalue weighted by atomic mass is 10.2. The van der Waals surface area contributed by atoms with Gasteiger partial charge in [0.05, 0.1) is 18.1 Å². The van der Waals surface area contributed by atoms with E-state index >= 15 is 0 Å². The first kappa shape index (κ1) is 21.1. The molecule has 1 aliphatic rings. The van der Waals surface area contributed by atoms with Crippen LogP contribution < -0.4 is 10.1 Å². The molecular formula is C18H23N3O7. The molecule has 1 aromatic carbocycles. The molecule has 0 radical (unpaired) electrons. The number of carbonyl (C=O) groups excluding carboxylic acids is 3. The first-order chi connectivity index (χ1) is 13.3. The van der Waals surface area contributed by atoms with E-state index in [9.17, 15) is 24.5 Å². The Kier molecular flexibility index (Phi) is 7.30. The van der Waals surface area contributed by atoms with Gasteiger partial charge in [-0.15, -0.1) is 0 Å². The lowest BCUT2D eigenvalue weighted by Crippen LogP contribution is -2.38. The molecule has 1 aromatic rings. The van der Waals surface area contributed by atoms with Crippen molar-refractivity contribution in [3.8, 4) is 5.75 Å². The summed E-state index contributed by atoms with van der Waals surface area (Å²) in [5, 5.41) is 13.6. The van der Waals surface area contributed by atoms with E-state index in [-0.39, 0.29) is 29.6 Å². The molecule has 10 nitrogen and oxygen atoms in total. The minimum Gasteiger partial charge on any atom is -0.496 e. The topological polar surface area (TPSA) is 128 Å². The van der Waals surface area contributed by atoms with Crippen molar-refractivity contribution >= 4 is 29.2 Å². The maximum Gasteiger partial charge on any atom is 0.326 e. The van der Waals surface area contributed by atoms with Gasteiger partial charge < -0.3 is 19.7 Å². The lowest BCUT2D eigenvalue weighted by molar-refractivity contribution is -0.384. The van der Waals surface area contributed by atoms with Crippen LogP contribution in [0.1, 0.15) is 32.6 Å². The average molecular weight is 393 g/mol. The molecule has 0 bridgehead atoms. The number of nitro benzene ring substituents is 1. The predicted octanol–water partition coefficient (Wildman–Crippen LogP) is 1.88. The van der Waals surface area contributed by atoms with Gasteiger partial charge in [-0.3, -0.25) is 24.5 Å². The van der Waals surface area contributed by atoms with E-state index in [1.54, 1.807) is 0 Å². The molecule has 10 heteroatoms. The number of rotatable bonds is 7. The number of likely N-dealkylation sites (tertiary alicyclic amines) is 1. The fourth-order valence-electron chi connectivity index (χ4n) is 2.78. The van der Waals surface area contributed by atoms with E-state index in [1.807, 2.05) is 0 Å². The summed E-state index contributed by atoms with van der Waals surface area (Å²) in [4.78, 5) is 48.2. The van der Waals surface area contributed by atoms with Gasteiger partial charge in [-0.1, -0.05) is 6.42 Å². The number of benzene rings is 1. The first-order valence-electron chi connectivity index (χ1n) is 8.92. The summed E-state index contributed by atoms with van der Waals surface area (Å²) in [6.07, 6.45) is 1.75. The minimum atomic E-state index is -1.18. The maximum absolute atomic E-state index is 12.3. The monoisotopic (exact) mass is 393 g/mol. The van der Waals surface area contributed by atoms with Crippen LogP contribution in [-0.4, -0.2) is 53.9 Å². The Bertz CT molecular complexity index is 766. The summed E-state index contributed by atoms with van der Waals surface area (Å²) in [5.41, 5.74) is -0.386. The third-order valence-corrected chi connectivity index (χ3v) is 4.33. The zero-order valence-electron chi connectivity index (χ0n) is 15.8. The number of hydrogen-bond donors (Lipinski definition) is 1. The SMILES string of the molecule is COc1ccc(NC(=O)[C@H](C)OC(=O)CN2CCCCCC2=O)c([N+](=O)[O-])c1. The Labute approximate surface area is 161 Å². The maximum atomic E-state index is 12.3. The summed E-state index contributed by atoms with van der Waals surface area (Å²) < 4.78 is 10.0. The highest BCUT2D eigenvalue weighted by atomic mass is 16.6. The average Bonchev–Trinajstić information content (AvgIpc) is 2.86. The number of ether oxygens (including phenoxy) is 2. The van der Waals surface area contributed by atoms with Crippen molar-refractivity contribution in [2.75, 3.05) is 25.5 Å². The van der Waals surface area contributed by atoms with Gasteiger partial charge in [0.2, 0.25) is 5.91 Å². The molecule has 2 rings (SSSR count). The Morgan fingerprint density at radius 3 is 2.75 bits per heavy atom. The number of anilines is 1. The highest BCUT2D eigenvalue weighted by Gasteiger charge is 2.25. The van der Waals surface area contributed by atoms with Crippen LogP contribution in [0, 0.1) is 10.1 Å². The highest BCUT2D eigenvalue weighted by molar-refractivity contribution is 5.97. The summed E-state index contributed by atoms with van der Waals surface area (Å²) in [6, 6.07) is 3.97. The smallest absolute Gasteiger partial charge is 0.326 e. The number of nitrogens with zero attached hydrogens (tertiary/aromatic N) is 2. The zero-order chi connectivity index (χ0) is 20.7. The molecule has 1 N–H and O–H groups in total. The van der Waals surface area contributed by atoms with Gasteiger partial charge in [-0.2, -0.15) is 0 Å². The van der Waals surface area contributed by atoms with Gasteiger partial charge in [0.25, 0.3) is 11.6 Å². The van der Waals surface area contributed by atoms with E-state index in [1.165, 1.54) is 37.1 Å². The summed E-state index contributed by atoms with van der Waals surface area (Å²) in [7, 11) is 1.37. The molecule has 0 aromatic heterocycles. The van der Waals surface area contributed by atoms with Crippen molar-refractivity contribution in [3.63, 3.8) is 0 Å². The van der Waals surface area contributed by atoms with Crippen LogP contribution in [0.2, 0.25) is 0 Å². The van der Waals surface area contributed by atoms with Crippen molar-refractivity contribution in [1.82, 2.24) is 4.90 Å². The Morgan fingerprint density at radius 1 is 1.32 bits per heavy atom. The Hall–Kier alpha value is -3.17. The van der Waals surface area contributed by atoms with Crippen LogP contribution in [0.25, 0.3) is 0 Å². The summed E-state index contributed by atoms with van der Waals surface area (Å²) >= 11 is 0. The van der Waals surface area contributed by atoms with Gasteiger partial charge in [0.15, 0.2) is 6.10 Å². The number of nitro groups is 1. The molecule has 0 aliphatic carbocycles. The van der Waals surface area contributed by atoms with Crippen LogP contribution in [0.15, 0.2) is 18.2 Å². The van der Waals surface area contributed by atoms with Crippen LogP contribution >= 0.6 is 0 Å². The largest absolute Gasteiger partial charge is 0.496 e. The molecular weight excluding hydrogens is 370 g/mol. The van der Waals surface area contributed by atoms with Crippen LogP contribution in [0.3, 0.4) is 0 Å². The van der Waals surface area contributed by atoms with Gasteiger partial charge >= 0.3 is 5.97 Å². The van der Waals surface area contributed by atoms with E-state index in [0.717, 1.165) is 19.3 Å². The van der Waals surface area contributed by atoms with E-state index in [2.05, 4.69) is 5.32 Å². The van der Waals surface area contributed by atoms with Crippen molar-refractivity contribution in [1.29, 1.82) is 0 Å². The molecule has 152 valence electrons. The lowest BCUT2D eigenvalue weighted by Gasteiger charge is -2.20. The second-order valence-corrected chi connectivity index (χ2v) is 6.39. The van der Waals surface area contributed by atoms with Gasteiger partial charge in [0, 0.05) is 13.0 Å². The van der Waals surface area contributed by atoms with Gasteiger partial charge in [-0.25, -0.2) is 0 Å². The predicted molar refractivity (Wildman–Crippen MR) is 98.9 cm³/mol. The molecule has 1 aliphatic heterocycles. The molecule has 1 fully saturated rings. The standard InChI is InChI=1S/C18H23N3O7/c1-12(28-17(23)11-20-9-5-3-4-6-16(20)22)18(24)19-14-8-7-13(27-2)10-15(14)21(25)26/h7-8,10,12H,3-6,9,11H2,1-2H3,(H,19,24)/t12-/m0/s1. The first-order valence-corrected chi connectivity index (χ1v) is 8.92. The van der Waals surface area contributed by atoms with Crippen molar-refractivity contribution in [2.45, 2.75) is 38.7 Å².